The molecule has 140 valence electrons. The summed E-state index contributed by atoms with van der Waals surface area (Å²) in [5, 5.41) is 5.65. The molecule has 0 saturated carbocycles. The first-order chi connectivity index (χ1) is 12.0. The average molecular weight is 354 g/mol. The SMILES string of the molecule is COC(=O)C(CC(C(=O)OC)[C@@H]1CCCC(=O)N1)C1CCCC(=O)N1. The summed E-state index contributed by atoms with van der Waals surface area (Å²) < 4.78 is 9.79. The van der Waals surface area contributed by atoms with Crippen molar-refractivity contribution in [1.82, 2.24) is 10.6 Å². The van der Waals surface area contributed by atoms with Gasteiger partial charge in [0, 0.05) is 24.9 Å². The van der Waals surface area contributed by atoms with Crippen LogP contribution in [0.3, 0.4) is 0 Å². The molecule has 0 bridgehead atoms. The van der Waals surface area contributed by atoms with Gasteiger partial charge < -0.3 is 20.1 Å². The van der Waals surface area contributed by atoms with E-state index in [1.54, 1.807) is 0 Å². The molecule has 4 atom stereocenters. The predicted molar refractivity (Wildman–Crippen MR) is 87.2 cm³/mol. The number of amides is 2. The fraction of sp³-hybridized carbons (Fsp3) is 0.765. The Morgan fingerprint density at radius 1 is 0.920 bits per heavy atom. The number of methoxy groups -OCH3 is 2. The molecule has 2 fully saturated rings. The van der Waals surface area contributed by atoms with Crippen molar-refractivity contribution < 1.29 is 28.7 Å². The highest BCUT2D eigenvalue weighted by Gasteiger charge is 2.40. The molecule has 2 heterocycles. The van der Waals surface area contributed by atoms with E-state index in [1.165, 1.54) is 14.2 Å². The maximum atomic E-state index is 12.3. The predicted octanol–water partition coefficient (Wildman–Crippen LogP) is 0.292. The number of piperidine rings is 2. The first-order valence-corrected chi connectivity index (χ1v) is 8.70. The smallest absolute Gasteiger partial charge is 0.310 e. The monoisotopic (exact) mass is 354 g/mol. The van der Waals surface area contributed by atoms with Gasteiger partial charge in [0.2, 0.25) is 11.8 Å². The van der Waals surface area contributed by atoms with Crippen LogP contribution in [-0.4, -0.2) is 50.1 Å². The number of carbonyl (C=O) groups is 4. The number of carbonyl (C=O) groups excluding carboxylic acids is 4. The molecule has 3 unspecified atom stereocenters. The van der Waals surface area contributed by atoms with Crippen LogP contribution in [0.25, 0.3) is 0 Å². The summed E-state index contributed by atoms with van der Waals surface area (Å²) in [6.07, 6.45) is 3.70. The molecule has 0 aromatic heterocycles. The molecular weight excluding hydrogens is 328 g/mol. The normalized spacial score (nSPS) is 26.0. The Morgan fingerprint density at radius 3 is 1.64 bits per heavy atom. The maximum absolute atomic E-state index is 12.3. The molecule has 0 aromatic carbocycles. The third kappa shape index (κ3) is 4.93. The highest BCUT2D eigenvalue weighted by Crippen LogP contribution is 2.28. The van der Waals surface area contributed by atoms with Crippen LogP contribution in [0.4, 0.5) is 0 Å². The maximum Gasteiger partial charge on any atom is 0.310 e. The van der Waals surface area contributed by atoms with E-state index in [-0.39, 0.29) is 30.3 Å². The second-order valence-corrected chi connectivity index (χ2v) is 6.63. The van der Waals surface area contributed by atoms with Crippen molar-refractivity contribution in [3.63, 3.8) is 0 Å². The van der Waals surface area contributed by atoms with Gasteiger partial charge in [-0.1, -0.05) is 0 Å². The van der Waals surface area contributed by atoms with Crippen LogP contribution in [0, 0.1) is 11.8 Å². The lowest BCUT2D eigenvalue weighted by Gasteiger charge is -2.34. The van der Waals surface area contributed by atoms with Gasteiger partial charge in [0.25, 0.3) is 0 Å². The average Bonchev–Trinajstić information content (AvgIpc) is 2.61. The van der Waals surface area contributed by atoms with Gasteiger partial charge >= 0.3 is 11.9 Å². The molecule has 0 radical (unpaired) electrons. The van der Waals surface area contributed by atoms with Gasteiger partial charge in [-0.25, -0.2) is 0 Å². The van der Waals surface area contributed by atoms with Crippen LogP contribution in [-0.2, 0) is 28.7 Å². The van der Waals surface area contributed by atoms with Gasteiger partial charge in [-0.05, 0) is 32.1 Å². The van der Waals surface area contributed by atoms with Crippen molar-refractivity contribution in [1.29, 1.82) is 0 Å². The summed E-state index contributed by atoms with van der Waals surface area (Å²) in [6, 6.07) is -0.750. The summed E-state index contributed by atoms with van der Waals surface area (Å²) in [7, 11) is 2.57. The summed E-state index contributed by atoms with van der Waals surface area (Å²) in [5.74, 6) is -2.46. The first-order valence-electron chi connectivity index (χ1n) is 8.70. The molecule has 2 N–H and O–H groups in total. The zero-order valence-corrected chi connectivity index (χ0v) is 14.7. The quantitative estimate of drug-likeness (QED) is 0.664. The van der Waals surface area contributed by atoms with E-state index < -0.39 is 23.8 Å². The highest BCUT2D eigenvalue weighted by atomic mass is 16.5. The van der Waals surface area contributed by atoms with Crippen molar-refractivity contribution >= 4 is 23.8 Å². The fourth-order valence-electron chi connectivity index (χ4n) is 3.70. The van der Waals surface area contributed by atoms with Crippen LogP contribution in [0.1, 0.15) is 44.9 Å². The third-order valence-electron chi connectivity index (χ3n) is 5.02. The van der Waals surface area contributed by atoms with Crippen LogP contribution in [0.5, 0.6) is 0 Å². The van der Waals surface area contributed by atoms with Crippen LogP contribution < -0.4 is 10.6 Å². The molecule has 2 amide bonds. The van der Waals surface area contributed by atoms with Crippen LogP contribution >= 0.6 is 0 Å². The topological polar surface area (TPSA) is 111 Å². The van der Waals surface area contributed by atoms with Gasteiger partial charge in [0.1, 0.15) is 0 Å². The van der Waals surface area contributed by atoms with Crippen molar-refractivity contribution in [2.75, 3.05) is 14.2 Å². The standard InChI is InChI=1S/C17H26N2O6/c1-24-16(22)10(12-5-3-7-14(20)18-12)9-11(17(23)25-2)13-6-4-8-15(21)19-13/h10-13H,3-9H2,1-2H3,(H,18,20)(H,19,21)/t10?,11?,12-,13?/m0/s1. The van der Waals surface area contributed by atoms with Crippen molar-refractivity contribution in [2.45, 2.75) is 57.0 Å². The lowest BCUT2D eigenvalue weighted by atomic mass is 9.80. The van der Waals surface area contributed by atoms with E-state index in [2.05, 4.69) is 10.6 Å². The summed E-state index contributed by atoms with van der Waals surface area (Å²) >= 11 is 0. The number of esters is 2. The Bertz CT molecular complexity index is 489. The number of ether oxygens (including phenoxy) is 2. The second-order valence-electron chi connectivity index (χ2n) is 6.63. The van der Waals surface area contributed by atoms with E-state index in [1.807, 2.05) is 0 Å². The summed E-state index contributed by atoms with van der Waals surface area (Å²) in [4.78, 5) is 48.0. The Labute approximate surface area is 147 Å². The minimum Gasteiger partial charge on any atom is -0.469 e. The van der Waals surface area contributed by atoms with Gasteiger partial charge in [-0.15, -0.1) is 0 Å². The molecule has 0 spiro atoms. The van der Waals surface area contributed by atoms with E-state index in [4.69, 9.17) is 9.47 Å². The zero-order chi connectivity index (χ0) is 18.4. The Morgan fingerprint density at radius 2 is 1.32 bits per heavy atom. The van der Waals surface area contributed by atoms with E-state index >= 15 is 0 Å². The van der Waals surface area contributed by atoms with Crippen molar-refractivity contribution in [2.24, 2.45) is 11.8 Å². The molecule has 2 aliphatic rings. The molecule has 2 aliphatic heterocycles. The first kappa shape index (κ1) is 19.2. The third-order valence-corrected chi connectivity index (χ3v) is 5.02. The molecular formula is C17H26N2O6. The lowest BCUT2D eigenvalue weighted by Crippen LogP contribution is -2.51. The van der Waals surface area contributed by atoms with E-state index in [0.29, 0.717) is 38.5 Å². The molecule has 25 heavy (non-hydrogen) atoms. The summed E-state index contributed by atoms with van der Waals surface area (Å²) in [5.41, 5.74) is 0. The highest BCUT2D eigenvalue weighted by molar-refractivity contribution is 5.81. The van der Waals surface area contributed by atoms with Crippen LogP contribution in [0.15, 0.2) is 0 Å². The Kier molecular flexibility index (Phi) is 6.78. The largest absolute Gasteiger partial charge is 0.469 e. The Hall–Kier alpha value is -2.12. The zero-order valence-electron chi connectivity index (χ0n) is 14.7. The van der Waals surface area contributed by atoms with Gasteiger partial charge in [0.15, 0.2) is 0 Å². The molecule has 8 heteroatoms. The number of hydrogen-bond donors (Lipinski definition) is 2. The minimum atomic E-state index is -0.655. The van der Waals surface area contributed by atoms with E-state index in [0.717, 1.165) is 0 Å². The fourth-order valence-corrected chi connectivity index (χ4v) is 3.70. The lowest BCUT2D eigenvalue weighted by molar-refractivity contribution is -0.152. The number of rotatable bonds is 6. The van der Waals surface area contributed by atoms with E-state index in [9.17, 15) is 19.2 Å². The van der Waals surface area contributed by atoms with Gasteiger partial charge in [-0.3, -0.25) is 19.2 Å². The molecule has 0 aliphatic carbocycles. The second kappa shape index (κ2) is 8.82. The van der Waals surface area contributed by atoms with Crippen LogP contribution in [0.2, 0.25) is 0 Å². The molecule has 8 nitrogen and oxygen atoms in total. The molecule has 0 aromatic rings. The molecule has 2 saturated heterocycles. The summed E-state index contributed by atoms with van der Waals surface area (Å²) in [6.45, 7) is 0. The minimum absolute atomic E-state index is 0.106. The van der Waals surface area contributed by atoms with Gasteiger partial charge in [0.05, 0.1) is 26.1 Å². The number of nitrogens with one attached hydrogen (secondary N) is 2. The number of hydrogen-bond acceptors (Lipinski definition) is 6. The van der Waals surface area contributed by atoms with Crippen molar-refractivity contribution in [3.05, 3.63) is 0 Å². The van der Waals surface area contributed by atoms with Crippen molar-refractivity contribution in [3.8, 4) is 0 Å². The Balaban J connectivity index is 2.18. The molecule has 2 rings (SSSR count). The van der Waals surface area contributed by atoms with Gasteiger partial charge in [-0.2, -0.15) is 0 Å².